The fraction of sp³-hybridized carbons (Fsp3) is 0.316. The van der Waals surface area contributed by atoms with E-state index in [1.54, 1.807) is 39.7 Å². The van der Waals surface area contributed by atoms with E-state index in [1.165, 1.54) is 0 Å². The number of ether oxygens (including phenoxy) is 3. The van der Waals surface area contributed by atoms with Crippen molar-refractivity contribution in [3.05, 3.63) is 28.9 Å². The van der Waals surface area contributed by atoms with Crippen LogP contribution in [-0.2, 0) is 4.74 Å². The molecular formula is C19H22ClN5O3. The number of pyridine rings is 1. The molecule has 148 valence electrons. The molecule has 0 amide bonds. The number of rotatable bonds is 7. The quantitative estimate of drug-likeness (QED) is 0.579. The van der Waals surface area contributed by atoms with Crippen LogP contribution in [0.5, 0.6) is 11.5 Å². The molecule has 0 aliphatic heterocycles. The van der Waals surface area contributed by atoms with E-state index in [4.69, 9.17) is 36.5 Å². The minimum Gasteiger partial charge on any atom is -0.496 e. The first-order chi connectivity index (χ1) is 13.5. The first-order valence-electron chi connectivity index (χ1n) is 8.57. The van der Waals surface area contributed by atoms with Gasteiger partial charge in [0.05, 0.1) is 37.6 Å². The maximum atomic E-state index is 6.60. The Labute approximate surface area is 168 Å². The van der Waals surface area contributed by atoms with Crippen molar-refractivity contribution >= 4 is 34.1 Å². The highest BCUT2D eigenvalue weighted by Gasteiger charge is 2.21. The molecule has 0 atom stereocenters. The number of nitrogens with two attached hydrogens (primary N) is 1. The fourth-order valence-corrected chi connectivity index (χ4v) is 3.25. The molecule has 0 bridgehead atoms. The lowest BCUT2D eigenvalue weighted by molar-refractivity contribution is 0.210. The van der Waals surface area contributed by atoms with Crippen LogP contribution in [0.15, 0.2) is 18.3 Å². The first kappa shape index (κ1) is 19.9. The second-order valence-electron chi connectivity index (χ2n) is 6.04. The van der Waals surface area contributed by atoms with Gasteiger partial charge < -0.3 is 25.3 Å². The van der Waals surface area contributed by atoms with Gasteiger partial charge in [0, 0.05) is 36.2 Å². The van der Waals surface area contributed by atoms with Crippen molar-refractivity contribution in [3.63, 3.8) is 0 Å². The van der Waals surface area contributed by atoms with Gasteiger partial charge in [-0.1, -0.05) is 11.6 Å². The Morgan fingerprint density at radius 2 is 1.86 bits per heavy atom. The highest BCUT2D eigenvalue weighted by atomic mass is 35.5. The normalized spacial score (nSPS) is 10.9. The van der Waals surface area contributed by atoms with Gasteiger partial charge in [0.2, 0.25) is 0 Å². The van der Waals surface area contributed by atoms with Crippen molar-refractivity contribution in [2.24, 2.45) is 0 Å². The second kappa shape index (κ2) is 8.45. The van der Waals surface area contributed by atoms with Crippen LogP contribution in [0.1, 0.15) is 5.56 Å². The molecule has 0 spiro atoms. The van der Waals surface area contributed by atoms with E-state index in [0.717, 1.165) is 10.9 Å². The molecule has 2 aromatic heterocycles. The van der Waals surface area contributed by atoms with E-state index < -0.39 is 0 Å². The standard InChI is InChI=1S/C19H22ClN5O3/c1-10-13(27-3)8-14(28-4)17(20)16(10)19-24-12-9-23-15(21)7-11(12)18(25-19)22-5-6-26-2/h7-9H,5-6H2,1-4H3,(H2,21,23)(H,22,24,25). The van der Waals surface area contributed by atoms with Gasteiger partial charge in [0.15, 0.2) is 5.82 Å². The van der Waals surface area contributed by atoms with Gasteiger partial charge >= 0.3 is 0 Å². The van der Waals surface area contributed by atoms with E-state index in [9.17, 15) is 0 Å². The Bertz CT molecular complexity index is 985. The molecule has 8 nitrogen and oxygen atoms in total. The van der Waals surface area contributed by atoms with Crippen molar-refractivity contribution in [2.45, 2.75) is 6.92 Å². The molecule has 28 heavy (non-hydrogen) atoms. The smallest absolute Gasteiger partial charge is 0.164 e. The number of anilines is 2. The summed E-state index contributed by atoms with van der Waals surface area (Å²) >= 11 is 6.60. The molecular weight excluding hydrogens is 382 g/mol. The van der Waals surface area contributed by atoms with Crippen LogP contribution < -0.4 is 20.5 Å². The lowest BCUT2D eigenvalue weighted by atomic mass is 10.1. The molecule has 2 heterocycles. The Balaban J connectivity index is 2.25. The third-order valence-electron chi connectivity index (χ3n) is 4.31. The van der Waals surface area contributed by atoms with Crippen molar-refractivity contribution in [1.82, 2.24) is 15.0 Å². The van der Waals surface area contributed by atoms with Gasteiger partial charge in [-0.15, -0.1) is 0 Å². The molecule has 1 aromatic carbocycles. The van der Waals surface area contributed by atoms with Crippen LogP contribution in [0.25, 0.3) is 22.3 Å². The third-order valence-corrected chi connectivity index (χ3v) is 4.68. The lowest BCUT2D eigenvalue weighted by Gasteiger charge is -2.16. The molecule has 0 fully saturated rings. The van der Waals surface area contributed by atoms with Crippen LogP contribution in [0, 0.1) is 6.92 Å². The number of aromatic nitrogens is 3. The van der Waals surface area contributed by atoms with E-state index in [-0.39, 0.29) is 0 Å². The van der Waals surface area contributed by atoms with Crippen LogP contribution in [-0.4, -0.2) is 49.4 Å². The molecule has 0 unspecified atom stereocenters. The molecule has 0 aliphatic rings. The Morgan fingerprint density at radius 3 is 2.54 bits per heavy atom. The zero-order valence-electron chi connectivity index (χ0n) is 16.2. The lowest BCUT2D eigenvalue weighted by Crippen LogP contribution is -2.11. The summed E-state index contributed by atoms with van der Waals surface area (Å²) in [5.41, 5.74) is 7.92. The largest absolute Gasteiger partial charge is 0.496 e. The minimum absolute atomic E-state index is 0.385. The van der Waals surface area contributed by atoms with Gasteiger partial charge in [-0.3, -0.25) is 0 Å². The van der Waals surface area contributed by atoms with Gasteiger partial charge in [-0.2, -0.15) is 0 Å². The number of benzene rings is 1. The zero-order chi connectivity index (χ0) is 20.3. The van der Waals surface area contributed by atoms with Crippen molar-refractivity contribution in [3.8, 4) is 22.9 Å². The SMILES string of the molecule is COCCNc1nc(-c2c(C)c(OC)cc(OC)c2Cl)nc2cnc(N)cc12. The maximum absolute atomic E-state index is 6.60. The number of methoxy groups -OCH3 is 3. The van der Waals surface area contributed by atoms with Gasteiger partial charge in [0.25, 0.3) is 0 Å². The number of hydrogen-bond acceptors (Lipinski definition) is 8. The summed E-state index contributed by atoms with van der Waals surface area (Å²) < 4.78 is 16.0. The summed E-state index contributed by atoms with van der Waals surface area (Å²) in [7, 11) is 4.77. The summed E-state index contributed by atoms with van der Waals surface area (Å²) in [4.78, 5) is 13.5. The zero-order valence-corrected chi connectivity index (χ0v) is 16.9. The highest BCUT2D eigenvalue weighted by Crippen LogP contribution is 2.42. The number of nitrogen functional groups attached to an aromatic ring is 1. The van der Waals surface area contributed by atoms with Crippen LogP contribution >= 0.6 is 11.6 Å². The van der Waals surface area contributed by atoms with E-state index in [2.05, 4.69) is 15.3 Å². The first-order valence-corrected chi connectivity index (χ1v) is 8.95. The summed E-state index contributed by atoms with van der Waals surface area (Å²) in [5.74, 6) is 2.54. The Hall–Kier alpha value is -2.84. The fourth-order valence-electron chi connectivity index (χ4n) is 2.89. The minimum atomic E-state index is 0.385. The summed E-state index contributed by atoms with van der Waals surface area (Å²) in [5, 5.41) is 4.43. The van der Waals surface area contributed by atoms with Crippen LogP contribution in [0.4, 0.5) is 11.6 Å². The molecule has 0 saturated heterocycles. The van der Waals surface area contributed by atoms with Crippen LogP contribution in [0.3, 0.4) is 0 Å². The molecule has 3 rings (SSSR count). The summed E-state index contributed by atoms with van der Waals surface area (Å²) in [6, 6.07) is 3.47. The van der Waals surface area contributed by atoms with Gasteiger partial charge in [-0.05, 0) is 13.0 Å². The van der Waals surface area contributed by atoms with Gasteiger partial charge in [0.1, 0.15) is 23.1 Å². The molecule has 3 aromatic rings. The Morgan fingerprint density at radius 1 is 1.11 bits per heavy atom. The molecule has 3 N–H and O–H groups in total. The summed E-state index contributed by atoms with van der Waals surface area (Å²) in [6.07, 6.45) is 1.61. The van der Waals surface area contributed by atoms with Crippen molar-refractivity contribution < 1.29 is 14.2 Å². The van der Waals surface area contributed by atoms with E-state index in [1.807, 2.05) is 6.92 Å². The van der Waals surface area contributed by atoms with Crippen molar-refractivity contribution in [1.29, 1.82) is 0 Å². The molecule has 0 saturated carbocycles. The summed E-state index contributed by atoms with van der Waals surface area (Å²) in [6.45, 7) is 2.99. The predicted molar refractivity (Wildman–Crippen MR) is 110 cm³/mol. The average molecular weight is 404 g/mol. The molecule has 0 aliphatic carbocycles. The topological polar surface area (TPSA) is 104 Å². The monoisotopic (exact) mass is 403 g/mol. The van der Waals surface area contributed by atoms with Crippen LogP contribution in [0.2, 0.25) is 5.02 Å². The van der Waals surface area contributed by atoms with Crippen molar-refractivity contribution in [2.75, 3.05) is 45.5 Å². The number of halogens is 1. The predicted octanol–water partition coefficient (Wildman–Crippen LogP) is 3.31. The second-order valence-corrected chi connectivity index (χ2v) is 6.41. The average Bonchev–Trinajstić information content (AvgIpc) is 2.69. The highest BCUT2D eigenvalue weighted by molar-refractivity contribution is 6.35. The Kier molecular flexibility index (Phi) is 6.01. The number of nitrogens with one attached hydrogen (secondary N) is 1. The molecule has 0 radical (unpaired) electrons. The third kappa shape index (κ3) is 3.74. The molecule has 9 heteroatoms. The van der Waals surface area contributed by atoms with E-state index in [0.29, 0.717) is 58.2 Å². The number of nitrogens with zero attached hydrogens (tertiary/aromatic N) is 3. The number of fused-ring (bicyclic) bond motifs is 1. The number of hydrogen-bond donors (Lipinski definition) is 2. The van der Waals surface area contributed by atoms with E-state index >= 15 is 0 Å². The maximum Gasteiger partial charge on any atom is 0.164 e. The van der Waals surface area contributed by atoms with Gasteiger partial charge in [-0.25, -0.2) is 15.0 Å².